The van der Waals surface area contributed by atoms with E-state index in [-0.39, 0.29) is 12.6 Å². The maximum Gasteiger partial charge on any atom is 0.355 e. The molecule has 2 aromatic rings. The SMILES string of the molecule is CCCC(=O)OOc1ccc(SCC=C(C#CCO)c2ccc(Br)cc2)cc1C. The molecule has 0 radical (unpaired) electrons. The van der Waals surface area contributed by atoms with Crippen LogP contribution in [-0.2, 0) is 9.68 Å². The topological polar surface area (TPSA) is 55.8 Å². The van der Waals surface area contributed by atoms with Crippen molar-refractivity contribution < 1.29 is 19.7 Å². The number of hydrogen-bond donors (Lipinski definition) is 1. The predicted octanol–water partition coefficient (Wildman–Crippen LogP) is 5.57. The molecule has 0 aromatic heterocycles. The molecule has 0 unspecified atom stereocenters. The van der Waals surface area contributed by atoms with E-state index in [0.29, 0.717) is 12.2 Å². The molecule has 0 aliphatic carbocycles. The van der Waals surface area contributed by atoms with Crippen LogP contribution in [0, 0.1) is 18.8 Å². The minimum atomic E-state index is -0.375. The lowest BCUT2D eigenvalue weighted by Gasteiger charge is -2.08. The molecule has 0 heterocycles. The molecule has 0 saturated heterocycles. The molecular weight excluding hydrogens is 452 g/mol. The molecule has 2 rings (SSSR count). The number of carbonyl (C=O) groups excluding carboxylic acids is 1. The first-order chi connectivity index (χ1) is 14.0. The Morgan fingerprint density at radius 3 is 2.66 bits per heavy atom. The number of aliphatic hydroxyl groups excluding tert-OH is 1. The van der Waals surface area contributed by atoms with Gasteiger partial charge in [0.05, 0.1) is 0 Å². The van der Waals surface area contributed by atoms with Crippen molar-refractivity contribution in [1.82, 2.24) is 0 Å². The lowest BCUT2D eigenvalue weighted by molar-refractivity contribution is -0.214. The van der Waals surface area contributed by atoms with E-state index in [0.717, 1.165) is 38.2 Å². The minimum Gasteiger partial charge on any atom is -0.384 e. The molecule has 0 bridgehead atoms. The van der Waals surface area contributed by atoms with Crippen molar-refractivity contribution in [3.8, 4) is 17.6 Å². The van der Waals surface area contributed by atoms with Crippen molar-refractivity contribution in [1.29, 1.82) is 0 Å². The summed E-state index contributed by atoms with van der Waals surface area (Å²) in [4.78, 5) is 22.4. The first kappa shape index (κ1) is 23.1. The van der Waals surface area contributed by atoms with Crippen LogP contribution in [0.4, 0.5) is 0 Å². The van der Waals surface area contributed by atoms with Gasteiger partial charge in [-0.25, -0.2) is 4.79 Å². The summed E-state index contributed by atoms with van der Waals surface area (Å²) in [5.74, 6) is 6.60. The second kappa shape index (κ2) is 12.4. The number of carbonyl (C=O) groups is 1. The maximum absolute atomic E-state index is 11.4. The summed E-state index contributed by atoms with van der Waals surface area (Å²) in [6.45, 7) is 3.64. The van der Waals surface area contributed by atoms with Gasteiger partial charge in [0, 0.05) is 27.1 Å². The zero-order valence-electron chi connectivity index (χ0n) is 16.4. The molecule has 0 aliphatic heterocycles. The maximum atomic E-state index is 11.4. The molecule has 2 aromatic carbocycles. The lowest BCUT2D eigenvalue weighted by Crippen LogP contribution is -2.07. The van der Waals surface area contributed by atoms with E-state index in [9.17, 15) is 4.79 Å². The molecule has 0 aliphatic rings. The van der Waals surface area contributed by atoms with Gasteiger partial charge in [0.15, 0.2) is 5.75 Å². The highest BCUT2D eigenvalue weighted by atomic mass is 79.9. The van der Waals surface area contributed by atoms with Gasteiger partial charge in [-0.15, -0.1) is 11.8 Å². The van der Waals surface area contributed by atoms with E-state index in [1.165, 1.54) is 0 Å². The van der Waals surface area contributed by atoms with Crippen LogP contribution in [0.2, 0.25) is 0 Å². The summed E-state index contributed by atoms with van der Waals surface area (Å²) >= 11 is 5.09. The number of allylic oxidation sites excluding steroid dienone is 1. The monoisotopic (exact) mass is 474 g/mol. The van der Waals surface area contributed by atoms with Crippen LogP contribution >= 0.6 is 27.7 Å². The first-order valence-corrected chi connectivity index (χ1v) is 11.0. The minimum absolute atomic E-state index is 0.176. The van der Waals surface area contributed by atoms with Crippen LogP contribution in [-0.4, -0.2) is 23.4 Å². The molecular formula is C23H23BrO4S. The van der Waals surface area contributed by atoms with Gasteiger partial charge in [0.1, 0.15) is 6.61 Å². The van der Waals surface area contributed by atoms with Gasteiger partial charge in [-0.05, 0) is 54.8 Å². The number of rotatable bonds is 8. The van der Waals surface area contributed by atoms with Gasteiger partial charge < -0.3 is 5.11 Å². The van der Waals surface area contributed by atoms with Crippen LogP contribution in [0.1, 0.15) is 30.9 Å². The first-order valence-electron chi connectivity index (χ1n) is 9.20. The second-order valence-electron chi connectivity index (χ2n) is 6.11. The average molecular weight is 475 g/mol. The van der Waals surface area contributed by atoms with E-state index in [1.54, 1.807) is 17.8 Å². The van der Waals surface area contributed by atoms with E-state index < -0.39 is 0 Å². The standard InChI is InChI=1S/C23H23BrO4S/c1-3-5-23(26)28-27-22-12-11-21(16-17(22)2)29-15-13-18(6-4-14-25)19-7-9-20(24)10-8-19/h7-13,16,25H,3,5,14-15H2,1-2H3. The zero-order chi connectivity index (χ0) is 21.1. The summed E-state index contributed by atoms with van der Waals surface area (Å²) in [7, 11) is 0. The fourth-order valence-corrected chi connectivity index (χ4v) is 3.50. The number of aliphatic hydroxyl groups is 1. The third-order valence-electron chi connectivity index (χ3n) is 3.82. The molecule has 0 atom stereocenters. The summed E-state index contributed by atoms with van der Waals surface area (Å²) in [5.41, 5.74) is 2.76. The average Bonchev–Trinajstić information content (AvgIpc) is 2.71. The molecule has 0 spiro atoms. The fraction of sp³-hybridized carbons (Fsp3) is 0.261. The zero-order valence-corrected chi connectivity index (χ0v) is 18.8. The Morgan fingerprint density at radius 2 is 2.00 bits per heavy atom. The third kappa shape index (κ3) is 7.98. The normalized spacial score (nSPS) is 10.8. The van der Waals surface area contributed by atoms with Crippen LogP contribution in [0.5, 0.6) is 5.75 Å². The Labute approximate surface area is 184 Å². The molecule has 1 N–H and O–H groups in total. The van der Waals surface area contributed by atoms with E-state index in [4.69, 9.17) is 14.9 Å². The van der Waals surface area contributed by atoms with E-state index in [1.807, 2.05) is 56.3 Å². The summed E-state index contributed by atoms with van der Waals surface area (Å²) in [6.07, 6.45) is 3.09. The van der Waals surface area contributed by atoms with Crippen LogP contribution in [0.15, 0.2) is 57.9 Å². The van der Waals surface area contributed by atoms with Gasteiger partial charge in [0.2, 0.25) is 0 Å². The molecule has 0 saturated carbocycles. The van der Waals surface area contributed by atoms with Gasteiger partial charge in [-0.2, -0.15) is 0 Å². The van der Waals surface area contributed by atoms with Crippen LogP contribution < -0.4 is 4.89 Å². The third-order valence-corrected chi connectivity index (χ3v) is 5.27. The summed E-state index contributed by atoms with van der Waals surface area (Å²) in [6, 6.07) is 13.6. The van der Waals surface area contributed by atoms with Gasteiger partial charge >= 0.3 is 5.97 Å². The lowest BCUT2D eigenvalue weighted by atomic mass is 10.1. The number of thioether (sulfide) groups is 1. The molecule has 152 valence electrons. The Bertz CT molecular complexity index is 911. The predicted molar refractivity (Wildman–Crippen MR) is 121 cm³/mol. The van der Waals surface area contributed by atoms with Crippen molar-refractivity contribution in [2.24, 2.45) is 0 Å². The largest absolute Gasteiger partial charge is 0.384 e. The molecule has 0 fully saturated rings. The highest BCUT2D eigenvalue weighted by Crippen LogP contribution is 2.27. The van der Waals surface area contributed by atoms with E-state index >= 15 is 0 Å². The van der Waals surface area contributed by atoms with Crippen LogP contribution in [0.25, 0.3) is 5.57 Å². The van der Waals surface area contributed by atoms with E-state index in [2.05, 4.69) is 27.8 Å². The van der Waals surface area contributed by atoms with Crippen LogP contribution in [0.3, 0.4) is 0 Å². The Balaban J connectivity index is 2.02. The summed E-state index contributed by atoms with van der Waals surface area (Å²) in [5, 5.41) is 9.02. The molecule has 4 nitrogen and oxygen atoms in total. The molecule has 6 heteroatoms. The number of hydrogen-bond acceptors (Lipinski definition) is 5. The Kier molecular flexibility index (Phi) is 9.85. The molecule has 29 heavy (non-hydrogen) atoms. The molecule has 0 amide bonds. The van der Waals surface area contributed by atoms with Gasteiger partial charge in [-0.1, -0.05) is 52.9 Å². The van der Waals surface area contributed by atoms with Crippen molar-refractivity contribution in [3.63, 3.8) is 0 Å². The number of benzene rings is 2. The van der Waals surface area contributed by atoms with Gasteiger partial charge in [0.25, 0.3) is 0 Å². The Hall–Kier alpha value is -2.20. The number of halogens is 1. The van der Waals surface area contributed by atoms with Crippen molar-refractivity contribution in [2.75, 3.05) is 12.4 Å². The Morgan fingerprint density at radius 1 is 1.24 bits per heavy atom. The van der Waals surface area contributed by atoms with Gasteiger partial charge in [-0.3, -0.25) is 9.78 Å². The highest BCUT2D eigenvalue weighted by Gasteiger charge is 2.07. The highest BCUT2D eigenvalue weighted by molar-refractivity contribution is 9.10. The van der Waals surface area contributed by atoms with Crippen molar-refractivity contribution in [2.45, 2.75) is 31.6 Å². The fourth-order valence-electron chi connectivity index (χ4n) is 2.37. The summed E-state index contributed by atoms with van der Waals surface area (Å²) < 4.78 is 1.00. The van der Waals surface area contributed by atoms with Crippen molar-refractivity contribution >= 4 is 39.2 Å². The quantitative estimate of drug-likeness (QED) is 0.234. The smallest absolute Gasteiger partial charge is 0.355 e. The second-order valence-corrected chi connectivity index (χ2v) is 8.12. The number of aryl methyl sites for hydroxylation is 1. The van der Waals surface area contributed by atoms with Crippen molar-refractivity contribution in [3.05, 3.63) is 64.1 Å².